The second-order valence-corrected chi connectivity index (χ2v) is 6.66. The number of methoxy groups -OCH3 is 1. The molecule has 23 heavy (non-hydrogen) atoms. The lowest BCUT2D eigenvalue weighted by atomic mass is 9.84. The SMILES string of the molecule is COc1ccc(CN2CCC(NC(=O)C3CCC3)CC2)cc1F. The van der Waals surface area contributed by atoms with Crippen molar-refractivity contribution < 1.29 is 13.9 Å². The lowest BCUT2D eigenvalue weighted by Crippen LogP contribution is -2.47. The van der Waals surface area contributed by atoms with Crippen LogP contribution in [0.3, 0.4) is 0 Å². The normalized spacial score (nSPS) is 20.1. The first-order valence-corrected chi connectivity index (χ1v) is 8.51. The lowest BCUT2D eigenvalue weighted by Gasteiger charge is -2.34. The highest BCUT2D eigenvalue weighted by Crippen LogP contribution is 2.27. The van der Waals surface area contributed by atoms with Gasteiger partial charge in [0.15, 0.2) is 11.6 Å². The summed E-state index contributed by atoms with van der Waals surface area (Å²) in [4.78, 5) is 14.3. The molecule has 1 amide bonds. The molecule has 1 aliphatic heterocycles. The van der Waals surface area contributed by atoms with Crippen LogP contribution in [0.25, 0.3) is 0 Å². The molecule has 0 atom stereocenters. The minimum absolute atomic E-state index is 0.243. The van der Waals surface area contributed by atoms with Crippen LogP contribution in [0.4, 0.5) is 4.39 Å². The van der Waals surface area contributed by atoms with Gasteiger partial charge < -0.3 is 10.1 Å². The summed E-state index contributed by atoms with van der Waals surface area (Å²) in [5.74, 6) is 0.473. The van der Waals surface area contributed by atoms with Gasteiger partial charge in [-0.15, -0.1) is 0 Å². The van der Waals surface area contributed by atoms with Crippen molar-refractivity contribution in [2.75, 3.05) is 20.2 Å². The predicted octanol–water partition coefficient (Wildman–Crippen LogP) is 2.72. The molecule has 1 saturated carbocycles. The molecule has 1 heterocycles. The van der Waals surface area contributed by atoms with Gasteiger partial charge in [-0.3, -0.25) is 9.69 Å². The quantitative estimate of drug-likeness (QED) is 0.907. The third kappa shape index (κ3) is 4.02. The van der Waals surface area contributed by atoms with Crippen molar-refractivity contribution in [3.8, 4) is 5.75 Å². The van der Waals surface area contributed by atoms with Gasteiger partial charge >= 0.3 is 0 Å². The predicted molar refractivity (Wildman–Crippen MR) is 86.7 cm³/mol. The summed E-state index contributed by atoms with van der Waals surface area (Å²) in [6, 6.07) is 5.43. The number of hydrogen-bond acceptors (Lipinski definition) is 3. The van der Waals surface area contributed by atoms with Gasteiger partial charge in [0.05, 0.1) is 7.11 Å². The van der Waals surface area contributed by atoms with Crippen LogP contribution >= 0.6 is 0 Å². The lowest BCUT2D eigenvalue weighted by molar-refractivity contribution is -0.128. The van der Waals surface area contributed by atoms with E-state index in [0.29, 0.717) is 6.04 Å². The average molecular weight is 320 g/mol. The zero-order valence-electron chi connectivity index (χ0n) is 13.7. The number of benzene rings is 1. The molecular weight excluding hydrogens is 295 g/mol. The standard InChI is InChI=1S/C18H25FN2O2/c1-23-17-6-5-13(11-16(17)19)12-21-9-7-15(8-10-21)20-18(22)14-3-2-4-14/h5-6,11,14-15H,2-4,7-10,12H2,1H3,(H,20,22). The first-order valence-electron chi connectivity index (χ1n) is 8.51. The Bertz CT molecular complexity index is 552. The van der Waals surface area contributed by atoms with E-state index in [1.807, 2.05) is 6.07 Å². The van der Waals surface area contributed by atoms with E-state index >= 15 is 0 Å². The topological polar surface area (TPSA) is 41.6 Å². The van der Waals surface area contributed by atoms with E-state index in [-0.39, 0.29) is 23.4 Å². The molecule has 1 aliphatic carbocycles. The number of carbonyl (C=O) groups excluding carboxylic acids is 1. The summed E-state index contributed by atoms with van der Waals surface area (Å²) in [7, 11) is 1.47. The van der Waals surface area contributed by atoms with Crippen molar-refractivity contribution in [2.24, 2.45) is 5.92 Å². The maximum Gasteiger partial charge on any atom is 0.223 e. The number of nitrogens with one attached hydrogen (secondary N) is 1. The van der Waals surface area contributed by atoms with Crippen LogP contribution in [-0.2, 0) is 11.3 Å². The smallest absolute Gasteiger partial charge is 0.223 e. The number of amides is 1. The van der Waals surface area contributed by atoms with Crippen LogP contribution < -0.4 is 10.1 Å². The zero-order chi connectivity index (χ0) is 16.2. The van der Waals surface area contributed by atoms with E-state index in [9.17, 15) is 9.18 Å². The van der Waals surface area contributed by atoms with Crippen molar-refractivity contribution in [1.29, 1.82) is 0 Å². The molecule has 2 aliphatic rings. The molecule has 0 bridgehead atoms. The molecule has 0 aromatic heterocycles. The number of halogens is 1. The van der Waals surface area contributed by atoms with Gasteiger partial charge in [0.1, 0.15) is 0 Å². The number of carbonyl (C=O) groups is 1. The van der Waals surface area contributed by atoms with Crippen molar-refractivity contribution in [3.05, 3.63) is 29.6 Å². The molecule has 4 nitrogen and oxygen atoms in total. The van der Waals surface area contributed by atoms with Crippen molar-refractivity contribution in [3.63, 3.8) is 0 Å². The van der Waals surface area contributed by atoms with Gasteiger partial charge in [0.25, 0.3) is 0 Å². The first kappa shape index (κ1) is 16.2. The Hall–Kier alpha value is -1.62. The highest BCUT2D eigenvalue weighted by molar-refractivity contribution is 5.79. The summed E-state index contributed by atoms with van der Waals surface area (Å²) in [6.45, 7) is 2.61. The van der Waals surface area contributed by atoms with Gasteiger partial charge in [-0.05, 0) is 43.4 Å². The van der Waals surface area contributed by atoms with E-state index in [2.05, 4.69) is 10.2 Å². The van der Waals surface area contributed by atoms with Crippen molar-refractivity contribution in [1.82, 2.24) is 10.2 Å². The van der Waals surface area contributed by atoms with E-state index in [0.717, 1.165) is 50.9 Å². The second kappa shape index (κ2) is 7.30. The molecule has 1 aromatic rings. The van der Waals surface area contributed by atoms with E-state index < -0.39 is 0 Å². The molecule has 0 unspecified atom stereocenters. The van der Waals surface area contributed by atoms with Crippen LogP contribution in [0.5, 0.6) is 5.75 Å². The van der Waals surface area contributed by atoms with Gasteiger partial charge in [-0.25, -0.2) is 4.39 Å². The van der Waals surface area contributed by atoms with Crippen LogP contribution in [0.2, 0.25) is 0 Å². The van der Waals surface area contributed by atoms with E-state index in [4.69, 9.17) is 4.74 Å². The molecule has 2 fully saturated rings. The number of hydrogen-bond donors (Lipinski definition) is 1. The van der Waals surface area contributed by atoms with E-state index in [1.165, 1.54) is 13.5 Å². The van der Waals surface area contributed by atoms with Gasteiger partial charge in [-0.2, -0.15) is 0 Å². The van der Waals surface area contributed by atoms with Gasteiger partial charge in [0.2, 0.25) is 5.91 Å². The van der Waals surface area contributed by atoms with Crippen LogP contribution in [0, 0.1) is 11.7 Å². The Labute approximate surface area is 137 Å². The Morgan fingerprint density at radius 3 is 2.61 bits per heavy atom. The maximum absolute atomic E-state index is 13.7. The van der Waals surface area contributed by atoms with E-state index in [1.54, 1.807) is 12.1 Å². The summed E-state index contributed by atoms with van der Waals surface area (Å²) in [5, 5.41) is 3.19. The fourth-order valence-corrected chi connectivity index (χ4v) is 3.29. The largest absolute Gasteiger partial charge is 0.494 e. The number of rotatable bonds is 5. The average Bonchev–Trinajstić information content (AvgIpc) is 2.48. The molecular formula is C18H25FN2O2. The number of ether oxygens (including phenoxy) is 1. The van der Waals surface area contributed by atoms with Crippen LogP contribution in [-0.4, -0.2) is 37.0 Å². The van der Waals surface area contributed by atoms with Gasteiger partial charge in [-0.1, -0.05) is 12.5 Å². The third-order valence-electron chi connectivity index (χ3n) is 5.03. The minimum Gasteiger partial charge on any atom is -0.494 e. The fraction of sp³-hybridized carbons (Fsp3) is 0.611. The highest BCUT2D eigenvalue weighted by Gasteiger charge is 2.28. The number of piperidine rings is 1. The van der Waals surface area contributed by atoms with Crippen molar-refractivity contribution >= 4 is 5.91 Å². The highest BCUT2D eigenvalue weighted by atomic mass is 19.1. The Morgan fingerprint density at radius 1 is 1.30 bits per heavy atom. The molecule has 0 spiro atoms. The molecule has 126 valence electrons. The van der Waals surface area contributed by atoms with Gasteiger partial charge in [0, 0.05) is 31.6 Å². The molecule has 0 radical (unpaired) electrons. The third-order valence-corrected chi connectivity index (χ3v) is 5.03. The summed E-state index contributed by atoms with van der Waals surface area (Å²) in [5.41, 5.74) is 0.959. The Morgan fingerprint density at radius 2 is 2.04 bits per heavy atom. The van der Waals surface area contributed by atoms with Crippen LogP contribution in [0.1, 0.15) is 37.7 Å². The molecule has 1 N–H and O–H groups in total. The number of nitrogens with zero attached hydrogens (tertiary/aromatic N) is 1. The number of likely N-dealkylation sites (tertiary alicyclic amines) is 1. The van der Waals surface area contributed by atoms with Crippen molar-refractivity contribution in [2.45, 2.75) is 44.7 Å². The zero-order valence-corrected chi connectivity index (χ0v) is 13.7. The molecule has 5 heteroatoms. The Balaban J connectivity index is 1.45. The first-order chi connectivity index (χ1) is 11.2. The molecule has 1 saturated heterocycles. The molecule has 1 aromatic carbocycles. The summed E-state index contributed by atoms with van der Waals surface area (Å²) >= 11 is 0. The Kier molecular flexibility index (Phi) is 5.16. The maximum atomic E-state index is 13.7. The second-order valence-electron chi connectivity index (χ2n) is 6.66. The summed E-state index contributed by atoms with van der Waals surface area (Å²) in [6.07, 6.45) is 5.23. The minimum atomic E-state index is -0.312. The molecule has 3 rings (SSSR count). The fourth-order valence-electron chi connectivity index (χ4n) is 3.29. The summed E-state index contributed by atoms with van der Waals surface area (Å²) < 4.78 is 18.7. The monoisotopic (exact) mass is 320 g/mol. The van der Waals surface area contributed by atoms with Crippen LogP contribution in [0.15, 0.2) is 18.2 Å².